The van der Waals surface area contributed by atoms with E-state index in [0.717, 1.165) is 0 Å². The largest absolute Gasteiger partial charge is 0.358 e. The normalized spacial score (nSPS) is 11.6. The first-order valence-electron chi connectivity index (χ1n) is 5.60. The molecule has 1 heterocycles. The van der Waals surface area contributed by atoms with Gasteiger partial charge in [0.1, 0.15) is 0 Å². The third-order valence-electron chi connectivity index (χ3n) is 3.24. The Hall–Kier alpha value is -1.24. The van der Waals surface area contributed by atoms with Crippen LogP contribution in [0.1, 0.15) is 42.1 Å². The second kappa shape index (κ2) is 3.41. The average molecular weight is 201 g/mol. The van der Waals surface area contributed by atoms with E-state index in [9.17, 15) is 0 Å². The highest BCUT2D eigenvalue weighted by molar-refractivity contribution is 5.90. The zero-order valence-electron chi connectivity index (χ0n) is 10.2. The summed E-state index contributed by atoms with van der Waals surface area (Å²) in [5, 5.41) is 1.42. The van der Waals surface area contributed by atoms with Crippen LogP contribution in [-0.4, -0.2) is 4.98 Å². The fourth-order valence-electron chi connectivity index (χ4n) is 2.40. The number of H-pyrrole nitrogens is 1. The highest BCUT2D eigenvalue weighted by Crippen LogP contribution is 2.30. The van der Waals surface area contributed by atoms with Gasteiger partial charge in [-0.3, -0.25) is 0 Å². The molecule has 15 heavy (non-hydrogen) atoms. The molecule has 0 aliphatic heterocycles. The molecule has 0 bridgehead atoms. The SMILES string of the molecule is Cc1ccc(C)c2c(C)c(C(C)C)[nH]c12. The zero-order chi connectivity index (χ0) is 11.2. The first kappa shape index (κ1) is 10.3. The van der Waals surface area contributed by atoms with Crippen molar-refractivity contribution < 1.29 is 0 Å². The first-order valence-corrected chi connectivity index (χ1v) is 5.60. The minimum atomic E-state index is 0.566. The molecular formula is C14H19N. The molecule has 2 rings (SSSR count). The molecule has 2 aromatic rings. The van der Waals surface area contributed by atoms with Crippen molar-refractivity contribution in [3.05, 3.63) is 34.5 Å². The third-order valence-corrected chi connectivity index (χ3v) is 3.24. The number of aromatic amines is 1. The van der Waals surface area contributed by atoms with Crippen LogP contribution in [0.4, 0.5) is 0 Å². The van der Waals surface area contributed by atoms with Gasteiger partial charge in [-0.05, 0) is 43.4 Å². The Balaban J connectivity index is 2.87. The summed E-state index contributed by atoms with van der Waals surface area (Å²) in [7, 11) is 0. The quantitative estimate of drug-likeness (QED) is 0.711. The van der Waals surface area contributed by atoms with E-state index in [4.69, 9.17) is 0 Å². The van der Waals surface area contributed by atoms with Gasteiger partial charge in [0.2, 0.25) is 0 Å². The van der Waals surface area contributed by atoms with Crippen LogP contribution in [0.25, 0.3) is 10.9 Å². The van der Waals surface area contributed by atoms with Gasteiger partial charge in [-0.25, -0.2) is 0 Å². The molecule has 0 atom stereocenters. The van der Waals surface area contributed by atoms with Gasteiger partial charge < -0.3 is 4.98 Å². The molecule has 0 unspecified atom stereocenters. The maximum Gasteiger partial charge on any atom is 0.0491 e. The van der Waals surface area contributed by atoms with E-state index >= 15 is 0 Å². The molecule has 0 saturated heterocycles. The maximum absolute atomic E-state index is 3.57. The van der Waals surface area contributed by atoms with Crippen molar-refractivity contribution in [1.82, 2.24) is 4.98 Å². The van der Waals surface area contributed by atoms with E-state index < -0.39 is 0 Å². The molecule has 0 fully saturated rings. The molecule has 0 amide bonds. The van der Waals surface area contributed by atoms with Crippen LogP contribution in [0, 0.1) is 20.8 Å². The summed E-state index contributed by atoms with van der Waals surface area (Å²) in [4.78, 5) is 3.57. The third kappa shape index (κ3) is 1.46. The van der Waals surface area contributed by atoms with Crippen LogP contribution in [0.2, 0.25) is 0 Å². The first-order chi connectivity index (χ1) is 7.02. The molecule has 0 saturated carbocycles. The lowest BCUT2D eigenvalue weighted by molar-refractivity contribution is 0.827. The highest BCUT2D eigenvalue weighted by atomic mass is 14.7. The van der Waals surface area contributed by atoms with Crippen molar-refractivity contribution in [2.45, 2.75) is 40.5 Å². The van der Waals surface area contributed by atoms with Crippen LogP contribution in [0.3, 0.4) is 0 Å². The molecular weight excluding hydrogens is 182 g/mol. The monoisotopic (exact) mass is 201 g/mol. The fourth-order valence-corrected chi connectivity index (χ4v) is 2.40. The molecule has 1 N–H and O–H groups in total. The zero-order valence-corrected chi connectivity index (χ0v) is 10.2. The number of hydrogen-bond acceptors (Lipinski definition) is 0. The highest BCUT2D eigenvalue weighted by Gasteiger charge is 2.13. The topological polar surface area (TPSA) is 15.8 Å². The van der Waals surface area contributed by atoms with Crippen molar-refractivity contribution >= 4 is 10.9 Å². The van der Waals surface area contributed by atoms with E-state index in [2.05, 4.69) is 51.7 Å². The Morgan fingerprint density at radius 2 is 1.60 bits per heavy atom. The van der Waals surface area contributed by atoms with Crippen molar-refractivity contribution in [2.24, 2.45) is 0 Å². The number of aryl methyl sites for hydroxylation is 3. The van der Waals surface area contributed by atoms with Gasteiger partial charge in [0, 0.05) is 16.6 Å². The molecule has 0 spiro atoms. The summed E-state index contributed by atoms with van der Waals surface area (Å²) in [6.45, 7) is 11.1. The van der Waals surface area contributed by atoms with Gasteiger partial charge in [0.15, 0.2) is 0 Å². The lowest BCUT2D eigenvalue weighted by Gasteiger charge is -2.03. The minimum Gasteiger partial charge on any atom is -0.358 e. The summed E-state index contributed by atoms with van der Waals surface area (Å²) in [5.41, 5.74) is 6.82. The minimum absolute atomic E-state index is 0.566. The lowest BCUT2D eigenvalue weighted by Crippen LogP contribution is -1.89. The summed E-state index contributed by atoms with van der Waals surface area (Å²) >= 11 is 0. The van der Waals surface area contributed by atoms with E-state index in [1.807, 2.05) is 0 Å². The molecule has 1 nitrogen and oxygen atoms in total. The van der Waals surface area contributed by atoms with Gasteiger partial charge in [-0.1, -0.05) is 26.0 Å². The molecule has 1 aromatic carbocycles. The summed E-state index contributed by atoms with van der Waals surface area (Å²) in [6.07, 6.45) is 0. The maximum atomic E-state index is 3.57. The van der Waals surface area contributed by atoms with E-state index in [-0.39, 0.29) is 0 Å². The second-order valence-corrected chi connectivity index (χ2v) is 4.77. The number of nitrogens with one attached hydrogen (secondary N) is 1. The number of rotatable bonds is 1. The van der Waals surface area contributed by atoms with Crippen LogP contribution in [0.15, 0.2) is 12.1 Å². The lowest BCUT2D eigenvalue weighted by atomic mass is 10.0. The van der Waals surface area contributed by atoms with Crippen LogP contribution in [0.5, 0.6) is 0 Å². The average Bonchev–Trinajstić information content (AvgIpc) is 2.51. The van der Waals surface area contributed by atoms with Gasteiger partial charge in [-0.15, -0.1) is 0 Å². The summed E-state index contributed by atoms with van der Waals surface area (Å²) < 4.78 is 0. The van der Waals surface area contributed by atoms with Gasteiger partial charge in [-0.2, -0.15) is 0 Å². The predicted octanol–water partition coefficient (Wildman–Crippen LogP) is 4.22. The molecule has 0 aliphatic rings. The van der Waals surface area contributed by atoms with E-state index in [0.29, 0.717) is 5.92 Å². The molecule has 1 heteroatoms. The van der Waals surface area contributed by atoms with Gasteiger partial charge in [0.25, 0.3) is 0 Å². The number of hydrogen-bond donors (Lipinski definition) is 1. The molecule has 0 radical (unpaired) electrons. The van der Waals surface area contributed by atoms with Crippen molar-refractivity contribution in [3.63, 3.8) is 0 Å². The molecule has 1 aromatic heterocycles. The number of aromatic nitrogens is 1. The van der Waals surface area contributed by atoms with Crippen LogP contribution < -0.4 is 0 Å². The number of fused-ring (bicyclic) bond motifs is 1. The van der Waals surface area contributed by atoms with Crippen molar-refractivity contribution in [1.29, 1.82) is 0 Å². The van der Waals surface area contributed by atoms with Crippen molar-refractivity contribution in [2.75, 3.05) is 0 Å². The second-order valence-electron chi connectivity index (χ2n) is 4.77. The Labute approximate surface area is 91.5 Å². The van der Waals surface area contributed by atoms with Gasteiger partial charge in [0.05, 0.1) is 0 Å². The predicted molar refractivity (Wildman–Crippen MR) is 66.6 cm³/mol. The van der Waals surface area contributed by atoms with Crippen LogP contribution in [-0.2, 0) is 0 Å². The Bertz CT molecular complexity index is 504. The number of benzene rings is 1. The van der Waals surface area contributed by atoms with Gasteiger partial charge >= 0.3 is 0 Å². The summed E-state index contributed by atoms with van der Waals surface area (Å²) in [5.74, 6) is 0.566. The Kier molecular flexibility index (Phi) is 2.34. The van der Waals surface area contributed by atoms with Crippen molar-refractivity contribution in [3.8, 4) is 0 Å². The Morgan fingerprint density at radius 3 is 2.13 bits per heavy atom. The van der Waals surface area contributed by atoms with Crippen LogP contribution >= 0.6 is 0 Å². The van der Waals surface area contributed by atoms with E-state index in [1.54, 1.807) is 0 Å². The molecule has 80 valence electrons. The summed E-state index contributed by atoms with van der Waals surface area (Å²) in [6, 6.07) is 4.40. The fraction of sp³-hybridized carbons (Fsp3) is 0.429. The standard InChI is InChI=1S/C14H19N/c1-8(2)13-11(5)12-9(3)6-7-10(4)14(12)15-13/h6-8,15H,1-5H3. The van der Waals surface area contributed by atoms with E-state index in [1.165, 1.54) is 33.3 Å². The Morgan fingerprint density at radius 1 is 1.00 bits per heavy atom. The smallest absolute Gasteiger partial charge is 0.0491 e. The molecule has 0 aliphatic carbocycles.